The monoisotopic (exact) mass is 244 g/mol. The third kappa shape index (κ3) is 3.64. The minimum absolute atomic E-state index is 0.171. The second-order valence-electron chi connectivity index (χ2n) is 4.36. The zero-order chi connectivity index (χ0) is 12.8. The smallest absolute Gasteiger partial charge is 0.123 e. The molecule has 1 heterocycles. The van der Waals surface area contributed by atoms with Crippen molar-refractivity contribution < 1.29 is 4.39 Å². The molecule has 0 fully saturated rings. The lowest BCUT2D eigenvalue weighted by Crippen LogP contribution is -2.17. The van der Waals surface area contributed by atoms with E-state index in [9.17, 15) is 4.39 Å². The SMILES string of the molecule is Cc1ccncc1CNCCc1cccc(F)c1. The van der Waals surface area contributed by atoms with Crippen LogP contribution in [0.25, 0.3) is 0 Å². The number of aryl methyl sites for hydroxylation is 1. The van der Waals surface area contributed by atoms with E-state index in [2.05, 4.69) is 17.2 Å². The predicted octanol–water partition coefficient (Wildman–Crippen LogP) is 2.86. The molecule has 0 spiro atoms. The van der Waals surface area contributed by atoms with Gasteiger partial charge in [0, 0.05) is 18.9 Å². The van der Waals surface area contributed by atoms with Gasteiger partial charge in [0.25, 0.3) is 0 Å². The van der Waals surface area contributed by atoms with Gasteiger partial charge in [0.1, 0.15) is 5.82 Å². The molecule has 0 unspecified atom stereocenters. The summed E-state index contributed by atoms with van der Waals surface area (Å²) in [5.74, 6) is -0.171. The quantitative estimate of drug-likeness (QED) is 0.818. The fourth-order valence-electron chi connectivity index (χ4n) is 1.83. The molecule has 0 atom stereocenters. The number of nitrogens with zero attached hydrogens (tertiary/aromatic N) is 1. The summed E-state index contributed by atoms with van der Waals surface area (Å²) < 4.78 is 13.0. The Balaban J connectivity index is 1.78. The van der Waals surface area contributed by atoms with Crippen molar-refractivity contribution in [3.05, 3.63) is 65.2 Å². The van der Waals surface area contributed by atoms with E-state index in [-0.39, 0.29) is 5.82 Å². The Morgan fingerprint density at radius 1 is 1.28 bits per heavy atom. The van der Waals surface area contributed by atoms with Crippen LogP contribution < -0.4 is 5.32 Å². The summed E-state index contributed by atoms with van der Waals surface area (Å²) in [5.41, 5.74) is 3.46. The third-order valence-electron chi connectivity index (χ3n) is 2.94. The zero-order valence-corrected chi connectivity index (χ0v) is 10.5. The van der Waals surface area contributed by atoms with Crippen molar-refractivity contribution in [2.45, 2.75) is 19.9 Å². The molecule has 2 nitrogen and oxygen atoms in total. The summed E-state index contributed by atoms with van der Waals surface area (Å²) in [6, 6.07) is 8.74. The third-order valence-corrected chi connectivity index (χ3v) is 2.94. The first-order valence-electron chi connectivity index (χ1n) is 6.10. The van der Waals surface area contributed by atoms with Crippen LogP contribution in [0.4, 0.5) is 4.39 Å². The van der Waals surface area contributed by atoms with Gasteiger partial charge in [-0.2, -0.15) is 0 Å². The van der Waals surface area contributed by atoms with Crippen LogP contribution in [-0.4, -0.2) is 11.5 Å². The van der Waals surface area contributed by atoms with E-state index in [1.165, 1.54) is 17.2 Å². The van der Waals surface area contributed by atoms with Crippen LogP contribution in [0.2, 0.25) is 0 Å². The highest BCUT2D eigenvalue weighted by molar-refractivity contribution is 5.21. The molecule has 3 heteroatoms. The summed E-state index contributed by atoms with van der Waals surface area (Å²) in [7, 11) is 0. The lowest BCUT2D eigenvalue weighted by Gasteiger charge is -2.07. The molecule has 0 amide bonds. The Morgan fingerprint density at radius 2 is 2.17 bits per heavy atom. The average Bonchev–Trinajstić information content (AvgIpc) is 2.37. The van der Waals surface area contributed by atoms with E-state index in [0.717, 1.165) is 25.1 Å². The van der Waals surface area contributed by atoms with E-state index in [0.29, 0.717) is 0 Å². The van der Waals surface area contributed by atoms with Crippen molar-refractivity contribution in [3.8, 4) is 0 Å². The fourth-order valence-corrected chi connectivity index (χ4v) is 1.83. The minimum Gasteiger partial charge on any atom is -0.312 e. The highest BCUT2D eigenvalue weighted by Gasteiger charge is 1.98. The van der Waals surface area contributed by atoms with Gasteiger partial charge in [-0.1, -0.05) is 12.1 Å². The number of hydrogen-bond donors (Lipinski definition) is 1. The molecule has 0 saturated carbocycles. The number of hydrogen-bond acceptors (Lipinski definition) is 2. The molecule has 0 radical (unpaired) electrons. The number of aromatic nitrogens is 1. The van der Waals surface area contributed by atoms with Crippen LogP contribution in [0.1, 0.15) is 16.7 Å². The first kappa shape index (κ1) is 12.7. The summed E-state index contributed by atoms with van der Waals surface area (Å²) in [4.78, 5) is 4.10. The van der Waals surface area contributed by atoms with Gasteiger partial charge in [-0.15, -0.1) is 0 Å². The first-order chi connectivity index (χ1) is 8.75. The summed E-state index contributed by atoms with van der Waals surface area (Å²) in [6.45, 7) is 3.71. The number of nitrogens with one attached hydrogen (secondary N) is 1. The lowest BCUT2D eigenvalue weighted by molar-refractivity contribution is 0.622. The van der Waals surface area contributed by atoms with Gasteiger partial charge < -0.3 is 5.32 Å². The van der Waals surface area contributed by atoms with E-state index in [1.54, 1.807) is 18.3 Å². The summed E-state index contributed by atoms with van der Waals surface area (Å²) >= 11 is 0. The van der Waals surface area contributed by atoms with Crippen LogP contribution in [0.3, 0.4) is 0 Å². The molecule has 1 aromatic heterocycles. The molecule has 1 N–H and O–H groups in total. The maximum Gasteiger partial charge on any atom is 0.123 e. The fraction of sp³-hybridized carbons (Fsp3) is 0.267. The van der Waals surface area contributed by atoms with Gasteiger partial charge in [-0.05, 0) is 54.8 Å². The predicted molar refractivity (Wildman–Crippen MR) is 70.8 cm³/mol. The zero-order valence-electron chi connectivity index (χ0n) is 10.5. The van der Waals surface area contributed by atoms with Crippen LogP contribution >= 0.6 is 0 Å². The maximum absolute atomic E-state index is 13.0. The molecule has 0 saturated heterocycles. The summed E-state index contributed by atoms with van der Waals surface area (Å²) in [6.07, 6.45) is 4.51. The molecule has 18 heavy (non-hydrogen) atoms. The van der Waals surface area contributed by atoms with Crippen molar-refractivity contribution in [1.29, 1.82) is 0 Å². The Kier molecular flexibility index (Phi) is 4.42. The van der Waals surface area contributed by atoms with Gasteiger partial charge in [-0.3, -0.25) is 4.98 Å². The topological polar surface area (TPSA) is 24.9 Å². The van der Waals surface area contributed by atoms with Crippen molar-refractivity contribution in [2.75, 3.05) is 6.54 Å². The van der Waals surface area contributed by atoms with Crippen molar-refractivity contribution >= 4 is 0 Å². The van der Waals surface area contributed by atoms with Gasteiger partial charge in [0.15, 0.2) is 0 Å². The van der Waals surface area contributed by atoms with Gasteiger partial charge in [-0.25, -0.2) is 4.39 Å². The second-order valence-corrected chi connectivity index (χ2v) is 4.36. The standard InChI is InChI=1S/C15H17FN2/c1-12-5-7-17-10-14(12)11-18-8-6-13-3-2-4-15(16)9-13/h2-5,7,9-10,18H,6,8,11H2,1H3. The van der Waals surface area contributed by atoms with E-state index < -0.39 is 0 Å². The van der Waals surface area contributed by atoms with Gasteiger partial charge in [0.2, 0.25) is 0 Å². The van der Waals surface area contributed by atoms with Gasteiger partial charge in [0.05, 0.1) is 0 Å². The van der Waals surface area contributed by atoms with Crippen LogP contribution in [-0.2, 0) is 13.0 Å². The van der Waals surface area contributed by atoms with E-state index in [4.69, 9.17) is 0 Å². The number of pyridine rings is 1. The Hall–Kier alpha value is -1.74. The molecule has 0 aliphatic carbocycles. The first-order valence-corrected chi connectivity index (χ1v) is 6.10. The number of rotatable bonds is 5. The normalized spacial score (nSPS) is 10.6. The molecule has 2 rings (SSSR count). The highest BCUT2D eigenvalue weighted by Crippen LogP contribution is 2.05. The molecule has 1 aromatic carbocycles. The van der Waals surface area contributed by atoms with E-state index in [1.807, 2.05) is 18.3 Å². The second kappa shape index (κ2) is 6.26. The van der Waals surface area contributed by atoms with Gasteiger partial charge >= 0.3 is 0 Å². The minimum atomic E-state index is -0.171. The highest BCUT2D eigenvalue weighted by atomic mass is 19.1. The maximum atomic E-state index is 13.0. The van der Waals surface area contributed by atoms with Crippen LogP contribution in [0.5, 0.6) is 0 Å². The molecule has 0 aliphatic heterocycles. The van der Waals surface area contributed by atoms with E-state index >= 15 is 0 Å². The van der Waals surface area contributed by atoms with Crippen molar-refractivity contribution in [3.63, 3.8) is 0 Å². The molecule has 0 aliphatic rings. The number of benzene rings is 1. The Bertz CT molecular complexity index is 511. The largest absolute Gasteiger partial charge is 0.312 e. The molecule has 2 aromatic rings. The molecule has 0 bridgehead atoms. The van der Waals surface area contributed by atoms with Crippen molar-refractivity contribution in [1.82, 2.24) is 10.3 Å². The Morgan fingerprint density at radius 3 is 2.94 bits per heavy atom. The van der Waals surface area contributed by atoms with Crippen LogP contribution in [0, 0.1) is 12.7 Å². The summed E-state index contributed by atoms with van der Waals surface area (Å²) in [5, 5.41) is 3.35. The Labute approximate surface area is 107 Å². The van der Waals surface area contributed by atoms with Crippen molar-refractivity contribution in [2.24, 2.45) is 0 Å². The molecule has 94 valence electrons. The average molecular weight is 244 g/mol. The lowest BCUT2D eigenvalue weighted by atomic mass is 10.1. The number of halogens is 1. The molecular weight excluding hydrogens is 227 g/mol. The van der Waals surface area contributed by atoms with Crippen LogP contribution in [0.15, 0.2) is 42.7 Å². The molecular formula is C15H17FN2.